The second-order valence-corrected chi connectivity index (χ2v) is 10.5. The minimum atomic E-state index is -0.838. The van der Waals surface area contributed by atoms with Crippen LogP contribution in [0.2, 0.25) is 0 Å². The van der Waals surface area contributed by atoms with Crippen LogP contribution in [0.4, 0.5) is 4.39 Å². The number of quaternary nitrogens is 1. The van der Waals surface area contributed by atoms with E-state index in [0.29, 0.717) is 0 Å². The van der Waals surface area contributed by atoms with Crippen molar-refractivity contribution in [1.29, 1.82) is 0 Å². The van der Waals surface area contributed by atoms with Gasteiger partial charge in [-0.3, -0.25) is 4.79 Å². The molecule has 33 heavy (non-hydrogen) atoms. The van der Waals surface area contributed by atoms with E-state index in [2.05, 4.69) is 7.05 Å². The van der Waals surface area contributed by atoms with Crippen LogP contribution in [0, 0.1) is 11.7 Å². The number of hydrogen-bond donors (Lipinski definition) is 1. The zero-order valence-corrected chi connectivity index (χ0v) is 19.9. The van der Waals surface area contributed by atoms with Gasteiger partial charge in [0, 0.05) is 29.4 Å². The molecule has 0 radical (unpaired) electrons. The first-order chi connectivity index (χ1) is 15.9. The average Bonchev–Trinajstić information content (AvgIpc) is 3.21. The molecule has 172 valence electrons. The van der Waals surface area contributed by atoms with Crippen molar-refractivity contribution < 1.29 is 13.7 Å². The Morgan fingerprint density at radius 2 is 1.67 bits per heavy atom. The molecular formula is C28H32FN2OS+. The third kappa shape index (κ3) is 4.99. The fourth-order valence-electron chi connectivity index (χ4n) is 5.46. The molecule has 0 bridgehead atoms. The second-order valence-electron chi connectivity index (χ2n) is 9.30. The summed E-state index contributed by atoms with van der Waals surface area (Å²) in [4.78, 5) is 14.2. The Kier molecular flexibility index (Phi) is 7.20. The van der Waals surface area contributed by atoms with Crippen LogP contribution in [-0.2, 0) is 10.2 Å². The van der Waals surface area contributed by atoms with E-state index in [9.17, 15) is 9.18 Å². The third-order valence-electron chi connectivity index (χ3n) is 7.04. The summed E-state index contributed by atoms with van der Waals surface area (Å²) in [6.07, 6.45) is 1.98. The smallest absolute Gasteiger partial charge is 0.233 e. The summed E-state index contributed by atoms with van der Waals surface area (Å²) >= 11 is 1.70. The van der Waals surface area contributed by atoms with Gasteiger partial charge >= 0.3 is 0 Å². The van der Waals surface area contributed by atoms with Crippen molar-refractivity contribution in [2.75, 3.05) is 32.4 Å². The Hall–Kier alpha value is -2.63. The van der Waals surface area contributed by atoms with Crippen molar-refractivity contribution in [1.82, 2.24) is 0 Å². The summed E-state index contributed by atoms with van der Waals surface area (Å²) < 4.78 is 14.3. The minimum absolute atomic E-state index is 0.126. The van der Waals surface area contributed by atoms with Crippen LogP contribution in [-0.4, -0.2) is 42.8 Å². The fraction of sp³-hybridized carbons (Fsp3) is 0.321. The maximum Gasteiger partial charge on any atom is 0.233 e. The highest BCUT2D eigenvalue weighted by molar-refractivity contribution is 7.99. The van der Waals surface area contributed by atoms with Gasteiger partial charge in [0.05, 0.1) is 26.7 Å². The van der Waals surface area contributed by atoms with Gasteiger partial charge in [0.15, 0.2) is 0 Å². The van der Waals surface area contributed by atoms with Crippen molar-refractivity contribution in [3.8, 4) is 0 Å². The molecule has 1 aliphatic heterocycles. The van der Waals surface area contributed by atoms with Crippen molar-refractivity contribution >= 4 is 17.7 Å². The number of nitrogens with zero attached hydrogens (tertiary/aromatic N) is 1. The van der Waals surface area contributed by atoms with Crippen LogP contribution < -0.4 is 5.73 Å². The van der Waals surface area contributed by atoms with Gasteiger partial charge in [-0.1, -0.05) is 66.7 Å². The van der Waals surface area contributed by atoms with E-state index in [4.69, 9.17) is 5.73 Å². The molecule has 0 aromatic heterocycles. The average molecular weight is 464 g/mol. The van der Waals surface area contributed by atoms with Gasteiger partial charge in [0.25, 0.3) is 0 Å². The fourth-order valence-corrected chi connectivity index (χ4v) is 6.34. The normalized spacial score (nSPS) is 20.6. The number of nitrogens with two attached hydrogens (primary N) is 1. The molecule has 1 unspecified atom stereocenters. The highest BCUT2D eigenvalue weighted by atomic mass is 32.2. The van der Waals surface area contributed by atoms with Crippen molar-refractivity contribution in [3.63, 3.8) is 0 Å². The molecule has 1 amide bonds. The van der Waals surface area contributed by atoms with Crippen molar-refractivity contribution in [2.45, 2.75) is 23.2 Å². The van der Waals surface area contributed by atoms with Gasteiger partial charge < -0.3 is 10.2 Å². The SMILES string of the molecule is C[N@@+]1(CCCSc2cccc(F)c2)CCC(C(C(N)=O)(c2ccccc2)c2ccccc2)C1. The maximum absolute atomic E-state index is 13.4. The Bertz CT molecular complexity index is 1040. The number of halogens is 1. The first-order valence-corrected chi connectivity index (χ1v) is 12.6. The molecule has 1 heterocycles. The van der Waals surface area contributed by atoms with E-state index in [-0.39, 0.29) is 17.6 Å². The number of amides is 1. The lowest BCUT2D eigenvalue weighted by Crippen LogP contribution is -2.51. The summed E-state index contributed by atoms with van der Waals surface area (Å²) in [5.41, 5.74) is 7.34. The van der Waals surface area contributed by atoms with Crippen LogP contribution in [0.15, 0.2) is 89.8 Å². The zero-order chi connectivity index (χ0) is 23.3. The number of primary amides is 1. The van der Waals surface area contributed by atoms with Gasteiger partial charge in [0.2, 0.25) is 5.91 Å². The second kappa shape index (κ2) is 10.1. The third-order valence-corrected chi connectivity index (χ3v) is 8.13. The quantitative estimate of drug-likeness (QED) is 0.268. The number of rotatable bonds is 9. The molecule has 1 saturated heterocycles. The monoisotopic (exact) mass is 463 g/mol. The van der Waals surface area contributed by atoms with Gasteiger partial charge in [-0.2, -0.15) is 0 Å². The first-order valence-electron chi connectivity index (χ1n) is 11.6. The number of hydrogen-bond acceptors (Lipinski definition) is 2. The molecule has 1 fully saturated rings. The minimum Gasteiger partial charge on any atom is -0.369 e. The zero-order valence-electron chi connectivity index (χ0n) is 19.1. The summed E-state index contributed by atoms with van der Waals surface area (Å²) in [5.74, 6) is 0.604. The van der Waals surface area contributed by atoms with Crippen LogP contribution in [0.25, 0.3) is 0 Å². The molecule has 5 heteroatoms. The molecule has 0 spiro atoms. The van der Waals surface area contributed by atoms with Crippen LogP contribution in [0.5, 0.6) is 0 Å². The van der Waals surface area contributed by atoms with Crippen molar-refractivity contribution in [3.05, 3.63) is 102 Å². The van der Waals surface area contributed by atoms with E-state index in [1.165, 1.54) is 6.07 Å². The van der Waals surface area contributed by atoms with Crippen LogP contribution in [0.3, 0.4) is 0 Å². The standard InChI is InChI=1S/C28H31FN2OS/c1-31(17-9-19-33-26-15-8-14-25(29)20-26)18-16-24(21-31)28(27(30)32,22-10-4-2-5-11-22)23-12-6-3-7-13-23/h2-8,10-15,20,24H,9,16-19,21H2,1H3,(H-,30,32)/p+1/t24?,31-/m1/s1. The highest BCUT2D eigenvalue weighted by Gasteiger charge is 2.53. The molecule has 3 aromatic carbocycles. The molecule has 3 nitrogen and oxygen atoms in total. The van der Waals surface area contributed by atoms with Crippen LogP contribution >= 0.6 is 11.8 Å². The van der Waals surface area contributed by atoms with Gasteiger partial charge in [-0.25, -0.2) is 4.39 Å². The van der Waals surface area contributed by atoms with E-state index in [1.807, 2.05) is 66.7 Å². The Morgan fingerprint density at radius 3 is 2.24 bits per heavy atom. The van der Waals surface area contributed by atoms with E-state index >= 15 is 0 Å². The first kappa shape index (κ1) is 23.5. The summed E-state index contributed by atoms with van der Waals surface area (Å²) in [5, 5.41) is 0. The largest absolute Gasteiger partial charge is 0.369 e. The maximum atomic E-state index is 13.4. The molecule has 2 atom stereocenters. The Labute approximate surface area is 200 Å². The van der Waals surface area contributed by atoms with E-state index < -0.39 is 5.41 Å². The number of benzene rings is 3. The molecule has 1 aliphatic rings. The van der Waals surface area contributed by atoms with Crippen LogP contribution in [0.1, 0.15) is 24.0 Å². The molecule has 4 rings (SSSR count). The van der Waals surface area contributed by atoms with Gasteiger partial charge in [0.1, 0.15) is 11.2 Å². The molecule has 3 aromatic rings. The predicted octanol–water partition coefficient (Wildman–Crippen LogP) is 5.25. The highest BCUT2D eigenvalue weighted by Crippen LogP contribution is 2.45. The number of carbonyl (C=O) groups is 1. The van der Waals surface area contributed by atoms with E-state index in [0.717, 1.165) is 58.7 Å². The Morgan fingerprint density at radius 1 is 1.03 bits per heavy atom. The summed E-state index contributed by atoms with van der Waals surface area (Å²) in [7, 11) is 2.29. The summed E-state index contributed by atoms with van der Waals surface area (Å²) in [6, 6.07) is 26.8. The topological polar surface area (TPSA) is 43.1 Å². The Balaban J connectivity index is 1.52. The lowest BCUT2D eigenvalue weighted by molar-refractivity contribution is -0.899. The number of carbonyl (C=O) groups excluding carboxylic acids is 1. The van der Waals surface area contributed by atoms with Gasteiger partial charge in [-0.05, 0) is 29.3 Å². The lowest BCUT2D eigenvalue weighted by atomic mass is 9.64. The van der Waals surface area contributed by atoms with Gasteiger partial charge in [-0.15, -0.1) is 11.8 Å². The molecular weight excluding hydrogens is 431 g/mol. The molecule has 2 N–H and O–H groups in total. The lowest BCUT2D eigenvalue weighted by Gasteiger charge is -2.38. The molecule has 0 aliphatic carbocycles. The van der Waals surface area contributed by atoms with E-state index in [1.54, 1.807) is 23.9 Å². The number of thioether (sulfide) groups is 1. The summed E-state index contributed by atoms with van der Waals surface area (Å²) in [6.45, 7) is 2.94. The number of likely N-dealkylation sites (tertiary alicyclic amines) is 1. The predicted molar refractivity (Wildman–Crippen MR) is 133 cm³/mol. The molecule has 0 saturated carbocycles. The van der Waals surface area contributed by atoms with Crippen molar-refractivity contribution in [2.24, 2.45) is 11.7 Å².